The van der Waals surface area contributed by atoms with E-state index >= 15 is 0 Å². The van der Waals surface area contributed by atoms with Crippen molar-refractivity contribution in [1.82, 2.24) is 10.2 Å². The Bertz CT molecular complexity index is 746. The third kappa shape index (κ3) is 6.18. The lowest BCUT2D eigenvalue weighted by Gasteiger charge is -2.28. The van der Waals surface area contributed by atoms with E-state index in [2.05, 4.69) is 5.32 Å². The van der Waals surface area contributed by atoms with Gasteiger partial charge in [0.15, 0.2) is 0 Å². The van der Waals surface area contributed by atoms with E-state index in [1.165, 1.54) is 0 Å². The van der Waals surface area contributed by atoms with Gasteiger partial charge in [-0.25, -0.2) is 0 Å². The molecule has 1 amide bonds. The Balaban J connectivity index is 1.60. The summed E-state index contributed by atoms with van der Waals surface area (Å²) >= 11 is 0. The van der Waals surface area contributed by atoms with Crippen molar-refractivity contribution in [3.63, 3.8) is 0 Å². The summed E-state index contributed by atoms with van der Waals surface area (Å²) in [6, 6.07) is 18.6. The second kappa shape index (κ2) is 10.6. The summed E-state index contributed by atoms with van der Waals surface area (Å²) in [5, 5.41) is 3.19. The topological polar surface area (TPSA) is 67.9 Å². The maximum Gasteiger partial charge on any atom is 0.324 e. The number of esters is 1. The molecule has 3 rings (SSSR count). The molecule has 1 N–H and O–H groups in total. The van der Waals surface area contributed by atoms with Crippen molar-refractivity contribution in [3.05, 3.63) is 71.8 Å². The fourth-order valence-electron chi connectivity index (χ4n) is 3.02. The molecule has 1 aliphatic heterocycles. The number of carbonyl (C=O) groups is 2. The lowest BCUT2D eigenvalue weighted by Crippen LogP contribution is -2.46. The predicted octanol–water partition coefficient (Wildman–Crippen LogP) is 2.14. The minimum Gasteiger partial charge on any atom is -0.460 e. The molecule has 2 aromatic rings. The first-order valence-corrected chi connectivity index (χ1v) is 9.56. The van der Waals surface area contributed by atoms with E-state index in [0.717, 1.165) is 11.1 Å². The fourth-order valence-corrected chi connectivity index (χ4v) is 3.02. The van der Waals surface area contributed by atoms with Crippen molar-refractivity contribution in [2.45, 2.75) is 25.6 Å². The van der Waals surface area contributed by atoms with Crippen LogP contribution in [0.1, 0.15) is 17.5 Å². The number of nitrogens with one attached hydrogen (secondary N) is 1. The van der Waals surface area contributed by atoms with Crippen LogP contribution in [0.3, 0.4) is 0 Å². The molecule has 0 radical (unpaired) electrons. The summed E-state index contributed by atoms with van der Waals surface area (Å²) in [4.78, 5) is 27.0. The highest BCUT2D eigenvalue weighted by atomic mass is 16.5. The molecule has 1 fully saturated rings. The van der Waals surface area contributed by atoms with Gasteiger partial charge in [0.05, 0.1) is 19.6 Å². The summed E-state index contributed by atoms with van der Waals surface area (Å²) < 4.78 is 10.8. The van der Waals surface area contributed by atoms with Crippen LogP contribution in [0.15, 0.2) is 60.7 Å². The molecule has 6 nitrogen and oxygen atoms in total. The molecule has 28 heavy (non-hydrogen) atoms. The monoisotopic (exact) mass is 382 g/mol. The molecule has 0 saturated carbocycles. The number of rotatable bonds is 8. The first-order chi connectivity index (χ1) is 13.7. The Morgan fingerprint density at radius 1 is 0.964 bits per heavy atom. The summed E-state index contributed by atoms with van der Waals surface area (Å²) in [5.74, 6) is -0.480. The first-order valence-electron chi connectivity index (χ1n) is 9.56. The molecule has 1 heterocycles. The Kier molecular flexibility index (Phi) is 7.58. The first kappa shape index (κ1) is 20.0. The van der Waals surface area contributed by atoms with Crippen LogP contribution in [0.5, 0.6) is 0 Å². The maximum absolute atomic E-state index is 12.7. The number of carbonyl (C=O) groups excluding carboxylic acids is 2. The highest BCUT2D eigenvalue weighted by molar-refractivity contribution is 5.85. The number of benzene rings is 2. The normalized spacial score (nSPS) is 15.1. The quantitative estimate of drug-likeness (QED) is 0.709. The Hall–Kier alpha value is -2.70. The van der Waals surface area contributed by atoms with Gasteiger partial charge in [-0.15, -0.1) is 0 Å². The minimum atomic E-state index is -0.695. The molecule has 1 aliphatic rings. The third-order valence-electron chi connectivity index (χ3n) is 4.65. The number of amides is 1. The maximum atomic E-state index is 12.7. The number of hydrogen-bond acceptors (Lipinski definition) is 5. The Morgan fingerprint density at radius 2 is 1.57 bits per heavy atom. The van der Waals surface area contributed by atoms with Crippen LogP contribution < -0.4 is 5.32 Å². The molecule has 6 heteroatoms. The van der Waals surface area contributed by atoms with Gasteiger partial charge in [-0.05, 0) is 11.1 Å². The van der Waals surface area contributed by atoms with Crippen LogP contribution in [0.2, 0.25) is 0 Å². The molecule has 0 aromatic heterocycles. The fraction of sp³-hybridized carbons (Fsp3) is 0.364. The van der Waals surface area contributed by atoms with Crippen LogP contribution in [0, 0.1) is 0 Å². The second-order valence-corrected chi connectivity index (χ2v) is 6.71. The third-order valence-corrected chi connectivity index (χ3v) is 4.65. The zero-order valence-corrected chi connectivity index (χ0v) is 15.9. The highest BCUT2D eigenvalue weighted by Crippen LogP contribution is 2.08. The van der Waals surface area contributed by atoms with E-state index < -0.39 is 12.0 Å². The largest absolute Gasteiger partial charge is 0.460 e. The Morgan fingerprint density at radius 3 is 2.21 bits per heavy atom. The van der Waals surface area contributed by atoms with Crippen molar-refractivity contribution in [2.75, 3.05) is 26.3 Å². The van der Waals surface area contributed by atoms with Crippen LogP contribution in [-0.2, 0) is 32.2 Å². The summed E-state index contributed by atoms with van der Waals surface area (Å²) in [6.07, 6.45) is 0.0699. The molecule has 1 atom stereocenters. The van der Waals surface area contributed by atoms with Gasteiger partial charge in [-0.2, -0.15) is 0 Å². The standard InChI is InChI=1S/C22H26N2O4/c25-21(24-11-13-27-14-12-24)15-20(23-16-18-7-3-1-4-8-18)22(26)28-17-19-9-5-2-6-10-19/h1-10,20,23H,11-17H2/t20-/m1/s1. The number of hydrogen-bond donors (Lipinski definition) is 1. The van der Waals surface area contributed by atoms with E-state index in [-0.39, 0.29) is 18.9 Å². The van der Waals surface area contributed by atoms with Crippen molar-refractivity contribution in [2.24, 2.45) is 0 Å². The van der Waals surface area contributed by atoms with Crippen molar-refractivity contribution >= 4 is 11.9 Å². The summed E-state index contributed by atoms with van der Waals surface area (Å²) in [5.41, 5.74) is 1.96. The molecular weight excluding hydrogens is 356 g/mol. The van der Waals surface area contributed by atoms with Gasteiger partial charge in [-0.1, -0.05) is 60.7 Å². The van der Waals surface area contributed by atoms with Gasteiger partial charge < -0.3 is 14.4 Å². The number of morpholine rings is 1. The van der Waals surface area contributed by atoms with Gasteiger partial charge in [0.1, 0.15) is 12.6 Å². The van der Waals surface area contributed by atoms with E-state index in [0.29, 0.717) is 32.8 Å². The molecule has 148 valence electrons. The van der Waals surface area contributed by atoms with Crippen molar-refractivity contribution in [3.8, 4) is 0 Å². The van der Waals surface area contributed by atoms with Crippen LogP contribution in [0.4, 0.5) is 0 Å². The van der Waals surface area contributed by atoms with Crippen molar-refractivity contribution in [1.29, 1.82) is 0 Å². The zero-order valence-electron chi connectivity index (χ0n) is 15.9. The minimum absolute atomic E-state index is 0.0643. The Labute approximate surface area is 165 Å². The molecule has 0 unspecified atom stereocenters. The number of ether oxygens (including phenoxy) is 2. The SMILES string of the molecule is O=C(OCc1ccccc1)[C@@H](CC(=O)N1CCOCC1)NCc1ccccc1. The zero-order chi connectivity index (χ0) is 19.6. The summed E-state index contributed by atoms with van der Waals surface area (Å²) in [7, 11) is 0. The molecule has 0 spiro atoms. The smallest absolute Gasteiger partial charge is 0.324 e. The highest BCUT2D eigenvalue weighted by Gasteiger charge is 2.26. The second-order valence-electron chi connectivity index (χ2n) is 6.71. The van der Waals surface area contributed by atoms with Gasteiger partial charge in [0.2, 0.25) is 5.91 Å². The molecule has 2 aromatic carbocycles. The van der Waals surface area contributed by atoms with Crippen LogP contribution in [-0.4, -0.2) is 49.1 Å². The van der Waals surface area contributed by atoms with Gasteiger partial charge in [0, 0.05) is 19.6 Å². The average molecular weight is 382 g/mol. The van der Waals surface area contributed by atoms with E-state index in [1.807, 2.05) is 60.7 Å². The van der Waals surface area contributed by atoms with E-state index in [4.69, 9.17) is 9.47 Å². The predicted molar refractivity (Wildman–Crippen MR) is 105 cm³/mol. The molecule has 0 aliphatic carbocycles. The average Bonchev–Trinajstić information content (AvgIpc) is 2.77. The van der Waals surface area contributed by atoms with Crippen LogP contribution in [0.25, 0.3) is 0 Å². The van der Waals surface area contributed by atoms with Crippen molar-refractivity contribution < 1.29 is 19.1 Å². The van der Waals surface area contributed by atoms with Crippen LogP contribution >= 0.6 is 0 Å². The van der Waals surface area contributed by atoms with Gasteiger partial charge >= 0.3 is 5.97 Å². The lowest BCUT2D eigenvalue weighted by molar-refractivity contribution is -0.150. The lowest BCUT2D eigenvalue weighted by atomic mass is 10.1. The molecule has 1 saturated heterocycles. The molecule has 0 bridgehead atoms. The van der Waals surface area contributed by atoms with Gasteiger partial charge in [-0.3, -0.25) is 14.9 Å². The van der Waals surface area contributed by atoms with E-state index in [1.54, 1.807) is 4.90 Å². The summed E-state index contributed by atoms with van der Waals surface area (Å²) in [6.45, 7) is 2.86. The number of nitrogens with zero attached hydrogens (tertiary/aromatic N) is 1. The van der Waals surface area contributed by atoms with E-state index in [9.17, 15) is 9.59 Å². The molecular formula is C22H26N2O4. The van der Waals surface area contributed by atoms with Gasteiger partial charge in [0.25, 0.3) is 0 Å².